The Morgan fingerprint density at radius 3 is 2.33 bits per heavy atom. The van der Waals surface area contributed by atoms with E-state index in [0.29, 0.717) is 10.6 Å². The molecule has 0 atom stereocenters. The molecule has 2 rings (SSSR count). The van der Waals surface area contributed by atoms with Crippen molar-refractivity contribution in [1.82, 2.24) is 0 Å². The van der Waals surface area contributed by atoms with Gasteiger partial charge in [0.1, 0.15) is 0 Å². The fraction of sp³-hybridized carbons (Fsp3) is 0.143. The van der Waals surface area contributed by atoms with E-state index in [2.05, 4.69) is 5.32 Å². The van der Waals surface area contributed by atoms with Crippen LogP contribution in [-0.4, -0.2) is 11.7 Å². The van der Waals surface area contributed by atoms with Crippen molar-refractivity contribution in [2.45, 2.75) is 13.8 Å². The van der Waals surface area contributed by atoms with Gasteiger partial charge in [-0.05, 0) is 48.6 Å². The Bertz CT molecular complexity index is 568. The van der Waals surface area contributed by atoms with Crippen LogP contribution >= 0.6 is 11.3 Å². The summed E-state index contributed by atoms with van der Waals surface area (Å²) in [4.78, 5) is 24.0. The number of benzene rings is 1. The highest BCUT2D eigenvalue weighted by Gasteiger charge is 2.17. The summed E-state index contributed by atoms with van der Waals surface area (Å²) in [6, 6.07) is 9.09. The van der Waals surface area contributed by atoms with E-state index in [0.717, 1.165) is 11.1 Å². The summed E-state index contributed by atoms with van der Waals surface area (Å²) >= 11 is 1.27. The van der Waals surface area contributed by atoms with Gasteiger partial charge in [0.15, 0.2) is 0 Å². The lowest BCUT2D eigenvalue weighted by molar-refractivity contribution is -0.112. The molecule has 1 aromatic heterocycles. The lowest BCUT2D eigenvalue weighted by Crippen LogP contribution is -2.22. The second-order valence-electron chi connectivity index (χ2n) is 4.14. The molecule has 4 heteroatoms. The van der Waals surface area contributed by atoms with Gasteiger partial charge < -0.3 is 5.32 Å². The topological polar surface area (TPSA) is 46.2 Å². The number of thiophene rings is 1. The minimum absolute atomic E-state index is 0.455. The molecule has 2 aromatic rings. The first kappa shape index (κ1) is 12.5. The third kappa shape index (κ3) is 2.84. The summed E-state index contributed by atoms with van der Waals surface area (Å²) in [5, 5.41) is 4.40. The van der Waals surface area contributed by atoms with Crippen LogP contribution in [0.3, 0.4) is 0 Å². The summed E-state index contributed by atoms with van der Waals surface area (Å²) in [6.45, 7) is 3.90. The number of hydrogen-bond donors (Lipinski definition) is 1. The molecule has 0 aliphatic heterocycles. The molecule has 0 saturated heterocycles. The van der Waals surface area contributed by atoms with Gasteiger partial charge >= 0.3 is 0 Å². The lowest BCUT2D eigenvalue weighted by atomic mass is 10.1. The minimum atomic E-state index is -0.595. The van der Waals surface area contributed by atoms with Crippen LogP contribution in [-0.2, 0) is 4.79 Å². The van der Waals surface area contributed by atoms with Gasteiger partial charge in [-0.2, -0.15) is 0 Å². The Hall–Kier alpha value is -1.94. The standard InChI is InChI=1S/C14H13NO2S/c1-9-6-10(2)8-11(7-9)15-14(17)13(16)12-4-3-5-18-12/h3-8H,1-2H3,(H,15,17). The van der Waals surface area contributed by atoms with Crippen LogP contribution in [0.15, 0.2) is 35.7 Å². The van der Waals surface area contributed by atoms with Crippen molar-refractivity contribution in [3.63, 3.8) is 0 Å². The molecule has 1 N–H and O–H groups in total. The summed E-state index contributed by atoms with van der Waals surface area (Å²) < 4.78 is 0. The molecule has 1 heterocycles. The third-order valence-electron chi connectivity index (χ3n) is 2.43. The molecule has 18 heavy (non-hydrogen) atoms. The highest BCUT2D eigenvalue weighted by Crippen LogP contribution is 2.15. The van der Waals surface area contributed by atoms with Crippen LogP contribution in [0.4, 0.5) is 5.69 Å². The fourth-order valence-electron chi connectivity index (χ4n) is 1.75. The van der Waals surface area contributed by atoms with Crippen LogP contribution in [0.5, 0.6) is 0 Å². The Morgan fingerprint density at radius 2 is 1.78 bits per heavy atom. The van der Waals surface area contributed by atoms with Gasteiger partial charge in [0, 0.05) is 5.69 Å². The monoisotopic (exact) mass is 259 g/mol. The number of anilines is 1. The molecule has 0 aliphatic rings. The zero-order valence-electron chi connectivity index (χ0n) is 10.2. The number of carbonyl (C=O) groups is 2. The highest BCUT2D eigenvalue weighted by atomic mass is 32.1. The predicted molar refractivity (Wildman–Crippen MR) is 73.2 cm³/mol. The van der Waals surface area contributed by atoms with Gasteiger partial charge in [-0.25, -0.2) is 0 Å². The van der Waals surface area contributed by atoms with Crippen molar-refractivity contribution >= 4 is 28.7 Å². The van der Waals surface area contributed by atoms with E-state index < -0.39 is 11.7 Å². The quantitative estimate of drug-likeness (QED) is 0.679. The van der Waals surface area contributed by atoms with Crippen molar-refractivity contribution in [2.75, 3.05) is 5.32 Å². The highest BCUT2D eigenvalue weighted by molar-refractivity contribution is 7.13. The Labute approximate surface area is 109 Å². The van der Waals surface area contributed by atoms with Crippen LogP contribution in [0.25, 0.3) is 0 Å². The number of aryl methyl sites for hydroxylation is 2. The van der Waals surface area contributed by atoms with E-state index >= 15 is 0 Å². The maximum atomic E-state index is 11.8. The van der Waals surface area contributed by atoms with Gasteiger partial charge in [0.05, 0.1) is 4.88 Å². The average Bonchev–Trinajstić information content (AvgIpc) is 2.79. The molecule has 0 radical (unpaired) electrons. The Morgan fingerprint density at radius 1 is 1.11 bits per heavy atom. The van der Waals surface area contributed by atoms with E-state index in [-0.39, 0.29) is 0 Å². The normalized spacial score (nSPS) is 10.1. The molecule has 0 bridgehead atoms. The zero-order chi connectivity index (χ0) is 13.1. The summed E-state index contributed by atoms with van der Waals surface area (Å²) in [6.07, 6.45) is 0. The van der Waals surface area contributed by atoms with E-state index in [1.54, 1.807) is 17.5 Å². The van der Waals surface area contributed by atoms with Crippen LogP contribution in [0.1, 0.15) is 20.8 Å². The van der Waals surface area contributed by atoms with Crippen LogP contribution in [0.2, 0.25) is 0 Å². The average molecular weight is 259 g/mol. The first-order valence-electron chi connectivity index (χ1n) is 5.54. The van der Waals surface area contributed by atoms with Crippen LogP contribution < -0.4 is 5.32 Å². The molecule has 1 aromatic carbocycles. The molecule has 3 nitrogen and oxygen atoms in total. The minimum Gasteiger partial charge on any atom is -0.319 e. The van der Waals surface area contributed by atoms with Gasteiger partial charge in [-0.15, -0.1) is 11.3 Å². The summed E-state index contributed by atoms with van der Waals surface area (Å²) in [5.74, 6) is -1.09. The first-order valence-corrected chi connectivity index (χ1v) is 6.42. The molecule has 0 fully saturated rings. The van der Waals surface area contributed by atoms with E-state index in [1.807, 2.05) is 32.0 Å². The SMILES string of the molecule is Cc1cc(C)cc(NC(=O)C(=O)c2cccs2)c1. The van der Waals surface area contributed by atoms with Gasteiger partial charge in [0.2, 0.25) is 0 Å². The molecule has 92 valence electrons. The maximum absolute atomic E-state index is 11.8. The first-order chi connectivity index (χ1) is 8.56. The molecule has 1 amide bonds. The van der Waals surface area contributed by atoms with Crippen molar-refractivity contribution in [2.24, 2.45) is 0 Å². The Balaban J connectivity index is 2.14. The number of carbonyl (C=O) groups excluding carboxylic acids is 2. The predicted octanol–water partition coefficient (Wildman–Crippen LogP) is 3.19. The second kappa shape index (κ2) is 5.14. The molecular weight excluding hydrogens is 246 g/mol. The number of hydrogen-bond acceptors (Lipinski definition) is 3. The molecule has 0 saturated carbocycles. The van der Waals surface area contributed by atoms with Gasteiger partial charge in [-0.3, -0.25) is 9.59 Å². The van der Waals surface area contributed by atoms with E-state index in [9.17, 15) is 9.59 Å². The molecule has 0 unspecified atom stereocenters. The molecule has 0 aliphatic carbocycles. The largest absolute Gasteiger partial charge is 0.319 e. The number of Topliss-reactive ketones (excluding diaryl/α,β-unsaturated/α-hetero) is 1. The smallest absolute Gasteiger partial charge is 0.297 e. The van der Waals surface area contributed by atoms with Crippen LogP contribution in [0, 0.1) is 13.8 Å². The maximum Gasteiger partial charge on any atom is 0.297 e. The number of amides is 1. The van der Waals surface area contributed by atoms with E-state index in [1.165, 1.54) is 11.3 Å². The summed E-state index contributed by atoms with van der Waals surface area (Å²) in [5.41, 5.74) is 2.75. The molecular formula is C14H13NO2S. The lowest BCUT2D eigenvalue weighted by Gasteiger charge is -2.06. The fourth-order valence-corrected chi connectivity index (χ4v) is 2.41. The number of ketones is 1. The van der Waals surface area contributed by atoms with E-state index in [4.69, 9.17) is 0 Å². The van der Waals surface area contributed by atoms with Crippen molar-refractivity contribution in [1.29, 1.82) is 0 Å². The van der Waals surface area contributed by atoms with Gasteiger partial charge in [0.25, 0.3) is 11.7 Å². The van der Waals surface area contributed by atoms with Crippen molar-refractivity contribution in [3.05, 3.63) is 51.7 Å². The van der Waals surface area contributed by atoms with Crippen molar-refractivity contribution < 1.29 is 9.59 Å². The van der Waals surface area contributed by atoms with Crippen molar-refractivity contribution in [3.8, 4) is 0 Å². The summed E-state index contributed by atoms with van der Waals surface area (Å²) in [7, 11) is 0. The zero-order valence-corrected chi connectivity index (χ0v) is 11.0. The number of rotatable bonds is 3. The Kier molecular flexibility index (Phi) is 3.58. The third-order valence-corrected chi connectivity index (χ3v) is 3.30. The number of nitrogens with one attached hydrogen (secondary N) is 1. The second-order valence-corrected chi connectivity index (χ2v) is 5.08. The molecule has 0 spiro atoms. The van der Waals surface area contributed by atoms with Gasteiger partial charge in [-0.1, -0.05) is 12.1 Å².